The molecule has 2 aromatic carbocycles. The molecule has 0 saturated carbocycles. The molecule has 7 heteroatoms. The Labute approximate surface area is 183 Å². The van der Waals surface area contributed by atoms with Gasteiger partial charge in [0, 0.05) is 29.7 Å². The van der Waals surface area contributed by atoms with Crippen molar-refractivity contribution in [3.8, 4) is 11.1 Å². The number of benzene rings is 2. The third-order valence-electron chi connectivity index (χ3n) is 4.74. The van der Waals surface area contributed by atoms with Crippen LogP contribution >= 0.6 is 24.8 Å². The lowest BCUT2D eigenvalue weighted by molar-refractivity contribution is -0.119. The quantitative estimate of drug-likeness (QED) is 0.539. The number of pyridine rings is 1. The predicted molar refractivity (Wildman–Crippen MR) is 124 cm³/mol. The van der Waals surface area contributed by atoms with Crippen LogP contribution in [0.1, 0.15) is 6.42 Å². The number of anilines is 3. The maximum atomic E-state index is 12.5. The second kappa shape index (κ2) is 10.8. The first-order valence-electron chi connectivity index (χ1n) is 9.18. The van der Waals surface area contributed by atoms with Crippen molar-refractivity contribution in [2.75, 3.05) is 23.7 Å². The summed E-state index contributed by atoms with van der Waals surface area (Å²) in [7, 11) is 0. The Morgan fingerprint density at radius 3 is 2.52 bits per heavy atom. The fourth-order valence-electron chi connectivity index (χ4n) is 3.31. The van der Waals surface area contributed by atoms with E-state index in [9.17, 15) is 4.79 Å². The van der Waals surface area contributed by atoms with Crippen LogP contribution in [0.4, 0.5) is 17.1 Å². The van der Waals surface area contributed by atoms with E-state index in [-0.39, 0.29) is 36.6 Å². The van der Waals surface area contributed by atoms with Crippen molar-refractivity contribution in [2.45, 2.75) is 6.42 Å². The molecule has 1 atom stereocenters. The zero-order valence-corrected chi connectivity index (χ0v) is 17.4. The monoisotopic (exact) mass is 430 g/mol. The Bertz CT molecular complexity index is 917. The number of carbonyl (C=O) groups is 1. The van der Waals surface area contributed by atoms with Gasteiger partial charge in [-0.05, 0) is 42.8 Å². The Hall–Kier alpha value is -2.60. The van der Waals surface area contributed by atoms with Gasteiger partial charge in [-0.1, -0.05) is 36.4 Å². The van der Waals surface area contributed by atoms with Crippen molar-refractivity contribution in [1.82, 2.24) is 10.3 Å². The molecule has 3 N–H and O–H groups in total. The molecule has 1 aromatic heterocycles. The van der Waals surface area contributed by atoms with Gasteiger partial charge in [-0.25, -0.2) is 0 Å². The van der Waals surface area contributed by atoms with E-state index in [4.69, 9.17) is 0 Å². The summed E-state index contributed by atoms with van der Waals surface area (Å²) in [5, 5.41) is 9.72. The van der Waals surface area contributed by atoms with Gasteiger partial charge in [-0.15, -0.1) is 24.8 Å². The Balaban J connectivity index is 0.00000150. The third-order valence-corrected chi connectivity index (χ3v) is 4.74. The highest BCUT2D eigenvalue weighted by Gasteiger charge is 2.22. The maximum absolute atomic E-state index is 12.5. The molecule has 1 aliphatic rings. The molecule has 2 heterocycles. The van der Waals surface area contributed by atoms with Gasteiger partial charge in [-0.3, -0.25) is 9.78 Å². The molecule has 4 rings (SSSR count). The molecule has 1 saturated heterocycles. The van der Waals surface area contributed by atoms with Crippen molar-refractivity contribution < 1.29 is 4.79 Å². The summed E-state index contributed by atoms with van der Waals surface area (Å²) in [6, 6.07) is 20.0. The van der Waals surface area contributed by atoms with Crippen LogP contribution in [0.5, 0.6) is 0 Å². The average molecular weight is 431 g/mol. The van der Waals surface area contributed by atoms with E-state index in [0.29, 0.717) is 0 Å². The molecule has 152 valence electrons. The maximum Gasteiger partial charge on any atom is 0.228 e. The van der Waals surface area contributed by atoms with E-state index in [1.165, 1.54) is 0 Å². The summed E-state index contributed by atoms with van der Waals surface area (Å²) < 4.78 is 0. The van der Waals surface area contributed by atoms with Crippen molar-refractivity contribution >= 4 is 47.8 Å². The van der Waals surface area contributed by atoms with Gasteiger partial charge in [0.15, 0.2) is 0 Å². The first kappa shape index (κ1) is 22.7. The number of carbonyl (C=O) groups excluding carboxylic acids is 1. The fraction of sp³-hybridized carbons (Fsp3) is 0.182. The lowest BCUT2D eigenvalue weighted by Crippen LogP contribution is -2.24. The molecule has 5 nitrogen and oxygen atoms in total. The number of aromatic nitrogens is 1. The molecule has 1 amide bonds. The second-order valence-corrected chi connectivity index (χ2v) is 6.67. The average Bonchev–Trinajstić information content (AvgIpc) is 3.25. The summed E-state index contributed by atoms with van der Waals surface area (Å²) >= 11 is 0. The van der Waals surface area contributed by atoms with Crippen LogP contribution in [0.25, 0.3) is 11.1 Å². The predicted octanol–water partition coefficient (Wildman–Crippen LogP) is 4.88. The zero-order valence-electron chi connectivity index (χ0n) is 15.8. The van der Waals surface area contributed by atoms with Crippen LogP contribution in [0.15, 0.2) is 73.1 Å². The Kier molecular flexibility index (Phi) is 8.46. The van der Waals surface area contributed by atoms with Gasteiger partial charge in [0.1, 0.15) is 0 Å². The highest BCUT2D eigenvalue weighted by Crippen LogP contribution is 2.33. The van der Waals surface area contributed by atoms with E-state index in [1.54, 1.807) is 12.4 Å². The van der Waals surface area contributed by atoms with Crippen molar-refractivity contribution in [3.63, 3.8) is 0 Å². The van der Waals surface area contributed by atoms with Gasteiger partial charge >= 0.3 is 0 Å². The van der Waals surface area contributed by atoms with Gasteiger partial charge in [0.25, 0.3) is 0 Å². The highest BCUT2D eigenvalue weighted by molar-refractivity contribution is 5.95. The standard InChI is InChI=1S/C22H22N4O.2ClH/c27-22(17-10-12-24-14-17)26-18-8-9-20(16-5-2-1-3-6-16)21(13-18)25-19-7-4-11-23-15-19;;/h1-9,11,13,15,17,24-25H,10,12,14H2,(H,26,27);2*1H. The Morgan fingerprint density at radius 2 is 1.83 bits per heavy atom. The molecule has 0 spiro atoms. The summed E-state index contributed by atoms with van der Waals surface area (Å²) in [6.07, 6.45) is 4.41. The molecular weight excluding hydrogens is 407 g/mol. The lowest BCUT2D eigenvalue weighted by atomic mass is 10.0. The van der Waals surface area contributed by atoms with Crippen LogP contribution < -0.4 is 16.0 Å². The number of nitrogens with one attached hydrogen (secondary N) is 3. The van der Waals surface area contributed by atoms with Crippen LogP contribution in [-0.4, -0.2) is 24.0 Å². The molecule has 0 bridgehead atoms. The van der Waals surface area contributed by atoms with Gasteiger partial charge < -0.3 is 16.0 Å². The van der Waals surface area contributed by atoms with Crippen LogP contribution in [0.3, 0.4) is 0 Å². The number of hydrogen-bond acceptors (Lipinski definition) is 4. The topological polar surface area (TPSA) is 66.0 Å². The minimum Gasteiger partial charge on any atom is -0.354 e. The van der Waals surface area contributed by atoms with Crippen LogP contribution in [-0.2, 0) is 4.79 Å². The minimum atomic E-state index is 0. The van der Waals surface area contributed by atoms with Crippen LogP contribution in [0, 0.1) is 5.92 Å². The van der Waals surface area contributed by atoms with E-state index in [0.717, 1.165) is 47.7 Å². The molecule has 0 aliphatic carbocycles. The highest BCUT2D eigenvalue weighted by atomic mass is 35.5. The zero-order chi connectivity index (χ0) is 18.5. The third kappa shape index (κ3) is 5.70. The Morgan fingerprint density at radius 1 is 1.00 bits per heavy atom. The minimum absolute atomic E-state index is 0. The molecular formula is C22H24Cl2N4O. The summed E-state index contributed by atoms with van der Waals surface area (Å²) in [5.74, 6) is 0.105. The van der Waals surface area contributed by atoms with E-state index in [1.807, 2.05) is 48.5 Å². The summed E-state index contributed by atoms with van der Waals surface area (Å²) in [5.41, 5.74) is 4.80. The normalized spacial score (nSPS) is 15.0. The first-order valence-corrected chi connectivity index (χ1v) is 9.18. The molecule has 1 unspecified atom stereocenters. The molecule has 1 aliphatic heterocycles. The lowest BCUT2D eigenvalue weighted by Gasteiger charge is -2.16. The van der Waals surface area contributed by atoms with E-state index in [2.05, 4.69) is 33.1 Å². The van der Waals surface area contributed by atoms with E-state index < -0.39 is 0 Å². The molecule has 29 heavy (non-hydrogen) atoms. The van der Waals surface area contributed by atoms with Gasteiger partial charge in [0.2, 0.25) is 5.91 Å². The number of hydrogen-bond donors (Lipinski definition) is 3. The number of halogens is 2. The van der Waals surface area contributed by atoms with Crippen molar-refractivity contribution in [2.24, 2.45) is 5.92 Å². The summed E-state index contributed by atoms with van der Waals surface area (Å²) in [6.45, 7) is 1.65. The fourth-order valence-corrected chi connectivity index (χ4v) is 3.31. The second-order valence-electron chi connectivity index (χ2n) is 6.67. The number of rotatable bonds is 5. The molecule has 1 fully saturated rings. The van der Waals surface area contributed by atoms with Crippen molar-refractivity contribution in [1.29, 1.82) is 0 Å². The van der Waals surface area contributed by atoms with Crippen LogP contribution in [0.2, 0.25) is 0 Å². The van der Waals surface area contributed by atoms with Gasteiger partial charge in [0.05, 0.1) is 17.8 Å². The SMILES string of the molecule is Cl.Cl.O=C(Nc1ccc(-c2ccccc2)c(Nc2cccnc2)c1)C1CCNC1. The molecule has 3 aromatic rings. The number of nitrogens with zero attached hydrogens (tertiary/aromatic N) is 1. The van der Waals surface area contributed by atoms with Gasteiger partial charge in [-0.2, -0.15) is 0 Å². The van der Waals surface area contributed by atoms with Crippen molar-refractivity contribution in [3.05, 3.63) is 73.1 Å². The smallest absolute Gasteiger partial charge is 0.228 e. The van der Waals surface area contributed by atoms with E-state index >= 15 is 0 Å². The largest absolute Gasteiger partial charge is 0.354 e. The number of amides is 1. The first-order chi connectivity index (χ1) is 13.3. The summed E-state index contributed by atoms with van der Waals surface area (Å²) in [4.78, 5) is 16.6. The molecule has 0 radical (unpaired) electrons.